The van der Waals surface area contributed by atoms with E-state index < -0.39 is 12.0 Å². The number of benzene rings is 1. The summed E-state index contributed by atoms with van der Waals surface area (Å²) in [6.07, 6.45) is 1.72. The smallest absolute Gasteiger partial charge is 0.338 e. The minimum atomic E-state index is -0.722. The number of nitrogens with zero attached hydrogens (tertiary/aromatic N) is 3. The van der Waals surface area contributed by atoms with Gasteiger partial charge in [-0.05, 0) is 51.5 Å². The number of carbonyl (C=O) groups is 1. The largest absolute Gasteiger partial charge is 0.463 e. The van der Waals surface area contributed by atoms with Crippen molar-refractivity contribution < 1.29 is 23.4 Å². The van der Waals surface area contributed by atoms with Crippen LogP contribution in [0.15, 0.2) is 55.8 Å². The predicted molar refractivity (Wildman–Crippen MR) is 135 cm³/mol. The van der Waals surface area contributed by atoms with Gasteiger partial charge in [0.05, 0.1) is 28.5 Å². The molecule has 0 aliphatic carbocycles. The summed E-state index contributed by atoms with van der Waals surface area (Å²) in [7, 11) is 0. The van der Waals surface area contributed by atoms with Gasteiger partial charge in [0.25, 0.3) is 5.56 Å². The van der Waals surface area contributed by atoms with Gasteiger partial charge in [-0.3, -0.25) is 9.36 Å². The van der Waals surface area contributed by atoms with Gasteiger partial charge in [-0.2, -0.15) is 0 Å². The first-order chi connectivity index (χ1) is 17.4. The lowest BCUT2D eigenvalue weighted by Gasteiger charge is -2.24. The molecule has 0 bridgehead atoms. The molecule has 0 amide bonds. The number of allylic oxidation sites excluding steroid dienone is 1. The average Bonchev–Trinajstić information content (AvgIpc) is 3.59. The van der Waals surface area contributed by atoms with E-state index in [1.165, 1.54) is 11.3 Å². The maximum absolute atomic E-state index is 13.7. The van der Waals surface area contributed by atoms with Gasteiger partial charge in [0.2, 0.25) is 6.79 Å². The Balaban J connectivity index is 1.66. The fourth-order valence-electron chi connectivity index (χ4n) is 4.44. The summed E-state index contributed by atoms with van der Waals surface area (Å²) in [6, 6.07) is 8.43. The minimum Gasteiger partial charge on any atom is -0.463 e. The van der Waals surface area contributed by atoms with Crippen molar-refractivity contribution in [3.63, 3.8) is 0 Å². The van der Waals surface area contributed by atoms with E-state index in [9.17, 15) is 9.59 Å². The van der Waals surface area contributed by atoms with Crippen LogP contribution in [-0.2, 0) is 9.53 Å². The molecule has 0 spiro atoms. The fourth-order valence-corrected chi connectivity index (χ4v) is 5.47. The Kier molecular flexibility index (Phi) is 6.44. The average molecular weight is 510 g/mol. The van der Waals surface area contributed by atoms with Crippen molar-refractivity contribution in [2.24, 2.45) is 4.99 Å². The number of carbonyl (C=O) groups excluding carboxylic acids is 1. The summed E-state index contributed by atoms with van der Waals surface area (Å²) in [4.78, 5) is 33.9. The van der Waals surface area contributed by atoms with Crippen LogP contribution in [0, 0.1) is 0 Å². The Morgan fingerprint density at radius 2 is 1.97 bits per heavy atom. The number of furan rings is 1. The van der Waals surface area contributed by atoms with Crippen molar-refractivity contribution in [3.8, 4) is 11.5 Å². The molecule has 36 heavy (non-hydrogen) atoms. The molecule has 0 fully saturated rings. The number of aromatic nitrogens is 1. The molecule has 0 unspecified atom stereocenters. The summed E-state index contributed by atoms with van der Waals surface area (Å²) < 4.78 is 24.3. The Hall–Kier alpha value is -3.79. The van der Waals surface area contributed by atoms with Gasteiger partial charge < -0.3 is 23.5 Å². The molecule has 4 heterocycles. The lowest BCUT2D eigenvalue weighted by atomic mass is 9.95. The lowest BCUT2D eigenvalue weighted by Crippen LogP contribution is -2.39. The summed E-state index contributed by atoms with van der Waals surface area (Å²) in [5.74, 6) is 1.99. The summed E-state index contributed by atoms with van der Waals surface area (Å²) in [6.45, 7) is 9.59. The van der Waals surface area contributed by atoms with Crippen LogP contribution < -0.4 is 29.3 Å². The third-order valence-electron chi connectivity index (χ3n) is 6.19. The number of hydrogen-bond donors (Lipinski definition) is 0. The van der Waals surface area contributed by atoms with Crippen LogP contribution in [0.2, 0.25) is 0 Å². The third kappa shape index (κ3) is 4.11. The van der Waals surface area contributed by atoms with Gasteiger partial charge in [-0.25, -0.2) is 9.79 Å². The second-order valence-corrected chi connectivity index (χ2v) is 9.27. The van der Waals surface area contributed by atoms with Crippen LogP contribution in [0.4, 0.5) is 5.88 Å². The number of anilines is 1. The SMILES string of the molecule is CCOC(=O)C1=C(C)N=c2sc(=Cc3ccc(N(CC)CC)o3)c(=O)n2[C@H]1c1ccc2c(c1)OCO2. The molecule has 0 saturated carbocycles. The van der Waals surface area contributed by atoms with E-state index in [4.69, 9.17) is 18.6 Å². The number of ether oxygens (including phenoxy) is 3. The summed E-state index contributed by atoms with van der Waals surface area (Å²) in [5, 5.41) is 0. The Labute approximate surface area is 211 Å². The van der Waals surface area contributed by atoms with E-state index in [0.717, 1.165) is 19.0 Å². The zero-order chi connectivity index (χ0) is 25.4. The molecular formula is C26H27N3O6S. The number of thiazole rings is 1. The van der Waals surface area contributed by atoms with Crippen molar-refractivity contribution >= 4 is 29.3 Å². The minimum absolute atomic E-state index is 0.125. The molecule has 9 nitrogen and oxygen atoms in total. The lowest BCUT2D eigenvalue weighted by molar-refractivity contribution is -0.139. The molecule has 1 atom stereocenters. The first-order valence-corrected chi connectivity index (χ1v) is 12.7. The zero-order valence-electron chi connectivity index (χ0n) is 20.6. The summed E-state index contributed by atoms with van der Waals surface area (Å²) in [5.41, 5.74) is 1.25. The van der Waals surface area contributed by atoms with Gasteiger partial charge in [-0.15, -0.1) is 0 Å². The molecule has 0 N–H and O–H groups in total. The van der Waals surface area contributed by atoms with E-state index in [2.05, 4.69) is 23.7 Å². The molecule has 2 aliphatic heterocycles. The zero-order valence-corrected chi connectivity index (χ0v) is 21.4. The number of fused-ring (bicyclic) bond motifs is 2. The van der Waals surface area contributed by atoms with Gasteiger partial charge >= 0.3 is 5.97 Å². The van der Waals surface area contributed by atoms with E-state index >= 15 is 0 Å². The Bertz CT molecular complexity index is 1530. The maximum atomic E-state index is 13.7. The monoisotopic (exact) mass is 509 g/mol. The van der Waals surface area contributed by atoms with Crippen LogP contribution in [0.5, 0.6) is 11.5 Å². The molecule has 0 radical (unpaired) electrons. The number of esters is 1. The van der Waals surface area contributed by atoms with E-state index in [1.807, 2.05) is 18.2 Å². The third-order valence-corrected chi connectivity index (χ3v) is 7.17. The van der Waals surface area contributed by atoms with E-state index in [-0.39, 0.29) is 19.0 Å². The molecular weight excluding hydrogens is 482 g/mol. The molecule has 2 aliphatic rings. The standard InChI is InChI=1S/C26H27N3O6S/c1-5-28(6-2)21-11-9-17(35-21)13-20-24(30)29-23(16-8-10-18-19(12-16)34-14-33-18)22(25(31)32-7-3)15(4)27-26(29)36-20/h8-13,23H,5-7,14H2,1-4H3/t23-/m0/s1. The van der Waals surface area contributed by atoms with Crippen molar-refractivity contribution in [2.45, 2.75) is 33.7 Å². The first-order valence-electron chi connectivity index (χ1n) is 11.9. The van der Waals surface area contributed by atoms with Crippen LogP contribution in [-0.4, -0.2) is 37.0 Å². The second-order valence-electron chi connectivity index (χ2n) is 8.26. The van der Waals surface area contributed by atoms with Crippen LogP contribution >= 0.6 is 11.3 Å². The quantitative estimate of drug-likeness (QED) is 0.452. The van der Waals surface area contributed by atoms with Gasteiger partial charge in [0, 0.05) is 25.2 Å². The van der Waals surface area contributed by atoms with Crippen LogP contribution in [0.1, 0.15) is 45.1 Å². The normalized spacial score (nSPS) is 16.7. The van der Waals surface area contributed by atoms with Gasteiger partial charge in [0.1, 0.15) is 5.76 Å². The number of rotatable bonds is 7. The van der Waals surface area contributed by atoms with Gasteiger partial charge in [0.15, 0.2) is 22.2 Å². The Morgan fingerprint density at radius 3 is 2.72 bits per heavy atom. The highest BCUT2D eigenvalue weighted by atomic mass is 32.1. The van der Waals surface area contributed by atoms with Crippen molar-refractivity contribution in [1.29, 1.82) is 0 Å². The number of hydrogen-bond acceptors (Lipinski definition) is 9. The molecule has 3 aromatic rings. The molecule has 2 aromatic heterocycles. The topological polar surface area (TPSA) is 95.5 Å². The fraction of sp³-hybridized carbons (Fsp3) is 0.346. The second kappa shape index (κ2) is 9.69. The van der Waals surface area contributed by atoms with Crippen LogP contribution in [0.3, 0.4) is 0 Å². The molecule has 0 saturated heterocycles. The van der Waals surface area contributed by atoms with Crippen molar-refractivity contribution in [1.82, 2.24) is 4.57 Å². The predicted octanol–water partition coefficient (Wildman–Crippen LogP) is 2.97. The van der Waals surface area contributed by atoms with Crippen molar-refractivity contribution in [2.75, 3.05) is 31.4 Å². The van der Waals surface area contributed by atoms with E-state index in [1.54, 1.807) is 36.6 Å². The first kappa shape index (κ1) is 23.9. The molecule has 5 rings (SSSR count). The molecule has 1 aromatic carbocycles. The maximum Gasteiger partial charge on any atom is 0.338 e. The highest BCUT2D eigenvalue weighted by Gasteiger charge is 2.34. The van der Waals surface area contributed by atoms with Gasteiger partial charge in [-0.1, -0.05) is 17.4 Å². The van der Waals surface area contributed by atoms with Crippen molar-refractivity contribution in [3.05, 3.63) is 72.6 Å². The summed E-state index contributed by atoms with van der Waals surface area (Å²) >= 11 is 1.25. The highest BCUT2D eigenvalue weighted by Crippen LogP contribution is 2.38. The van der Waals surface area contributed by atoms with E-state index in [0.29, 0.717) is 43.4 Å². The highest BCUT2D eigenvalue weighted by molar-refractivity contribution is 7.07. The Morgan fingerprint density at radius 1 is 1.19 bits per heavy atom. The molecule has 10 heteroatoms. The van der Waals surface area contributed by atoms with Crippen LogP contribution in [0.25, 0.3) is 6.08 Å². The molecule has 188 valence electrons.